The first-order valence-corrected chi connectivity index (χ1v) is 6.45. The molecule has 0 aliphatic carbocycles. The fraction of sp³-hybridized carbons (Fsp3) is 0.375. The quantitative estimate of drug-likeness (QED) is 0.877. The lowest BCUT2D eigenvalue weighted by atomic mass is 9.98. The average molecular weight is 243 g/mol. The Morgan fingerprint density at radius 2 is 1.56 bits per heavy atom. The van der Waals surface area contributed by atoms with Crippen LogP contribution in [0.4, 0.5) is 0 Å². The Labute approximate surface area is 109 Å². The first kappa shape index (κ1) is 12.9. The van der Waals surface area contributed by atoms with Crippen molar-refractivity contribution in [3.05, 3.63) is 59.0 Å². The zero-order valence-electron chi connectivity index (χ0n) is 11.5. The van der Waals surface area contributed by atoms with Crippen LogP contribution in [0.5, 0.6) is 0 Å². The van der Waals surface area contributed by atoms with Crippen LogP contribution in [0.15, 0.2) is 40.8 Å². The number of hydrogen-bond acceptors (Lipinski definition) is 2. The molecule has 0 saturated heterocycles. The summed E-state index contributed by atoms with van der Waals surface area (Å²) in [6.45, 7) is 6.39. The summed E-state index contributed by atoms with van der Waals surface area (Å²) in [6, 6.07) is 12.9. The van der Waals surface area contributed by atoms with Crippen molar-refractivity contribution in [2.75, 3.05) is 7.05 Å². The van der Waals surface area contributed by atoms with Crippen LogP contribution >= 0.6 is 0 Å². The highest BCUT2D eigenvalue weighted by Gasteiger charge is 2.15. The summed E-state index contributed by atoms with van der Waals surface area (Å²) in [6.07, 6.45) is 0. The highest BCUT2D eigenvalue weighted by Crippen LogP contribution is 2.25. The van der Waals surface area contributed by atoms with E-state index in [0.29, 0.717) is 5.92 Å². The number of hydrogen-bond donors (Lipinski definition) is 1. The van der Waals surface area contributed by atoms with Gasteiger partial charge in [0.25, 0.3) is 0 Å². The molecule has 2 aromatic rings. The number of aryl methyl sites for hydroxylation is 1. The third kappa shape index (κ3) is 2.65. The van der Waals surface area contributed by atoms with E-state index in [1.165, 1.54) is 11.1 Å². The predicted molar refractivity (Wildman–Crippen MR) is 74.9 cm³/mol. The zero-order valence-corrected chi connectivity index (χ0v) is 11.5. The number of benzene rings is 1. The molecular formula is C16H21NO. The van der Waals surface area contributed by atoms with Crippen LogP contribution in [-0.2, 0) is 0 Å². The van der Waals surface area contributed by atoms with Gasteiger partial charge >= 0.3 is 0 Å². The molecule has 0 aliphatic heterocycles. The fourth-order valence-corrected chi connectivity index (χ4v) is 2.16. The summed E-state index contributed by atoms with van der Waals surface area (Å²) in [4.78, 5) is 0. The van der Waals surface area contributed by atoms with Crippen LogP contribution in [-0.4, -0.2) is 7.05 Å². The molecule has 2 nitrogen and oxygen atoms in total. The van der Waals surface area contributed by atoms with Gasteiger partial charge in [0.1, 0.15) is 11.5 Å². The highest BCUT2D eigenvalue weighted by molar-refractivity contribution is 5.31. The van der Waals surface area contributed by atoms with E-state index in [1.54, 1.807) is 0 Å². The minimum absolute atomic E-state index is 0.125. The molecule has 96 valence electrons. The molecule has 0 fully saturated rings. The molecule has 0 bridgehead atoms. The summed E-state index contributed by atoms with van der Waals surface area (Å²) in [5.74, 6) is 2.48. The Morgan fingerprint density at radius 3 is 2.00 bits per heavy atom. The second-order valence-corrected chi connectivity index (χ2v) is 4.99. The molecule has 1 aromatic heterocycles. The van der Waals surface area contributed by atoms with Gasteiger partial charge in [-0.25, -0.2) is 0 Å². The van der Waals surface area contributed by atoms with Gasteiger partial charge in [0.2, 0.25) is 0 Å². The summed E-state index contributed by atoms with van der Waals surface area (Å²) < 4.78 is 5.71. The molecule has 1 heterocycles. The monoisotopic (exact) mass is 243 g/mol. The van der Waals surface area contributed by atoms with E-state index in [4.69, 9.17) is 4.42 Å². The fourth-order valence-electron chi connectivity index (χ4n) is 2.16. The smallest absolute Gasteiger partial charge is 0.125 e. The van der Waals surface area contributed by atoms with Gasteiger partial charge in [0.05, 0.1) is 6.04 Å². The largest absolute Gasteiger partial charge is 0.464 e. The van der Waals surface area contributed by atoms with Crippen molar-refractivity contribution >= 4 is 0 Å². The van der Waals surface area contributed by atoms with Crippen molar-refractivity contribution in [2.24, 2.45) is 0 Å². The summed E-state index contributed by atoms with van der Waals surface area (Å²) in [5, 5.41) is 3.30. The lowest BCUT2D eigenvalue weighted by Crippen LogP contribution is -2.16. The van der Waals surface area contributed by atoms with Gasteiger partial charge in [-0.1, -0.05) is 38.1 Å². The average Bonchev–Trinajstić information content (AvgIpc) is 2.77. The lowest BCUT2D eigenvalue weighted by molar-refractivity contribution is 0.444. The molecule has 1 unspecified atom stereocenters. The van der Waals surface area contributed by atoms with Gasteiger partial charge in [0.15, 0.2) is 0 Å². The van der Waals surface area contributed by atoms with Crippen molar-refractivity contribution in [1.82, 2.24) is 5.32 Å². The van der Waals surface area contributed by atoms with E-state index in [0.717, 1.165) is 11.5 Å². The molecule has 2 rings (SSSR count). The molecule has 0 aliphatic rings. The molecule has 0 radical (unpaired) electrons. The van der Waals surface area contributed by atoms with Gasteiger partial charge in [0, 0.05) is 0 Å². The molecule has 0 spiro atoms. The highest BCUT2D eigenvalue weighted by atomic mass is 16.3. The molecular weight excluding hydrogens is 222 g/mol. The third-order valence-corrected chi connectivity index (χ3v) is 3.27. The van der Waals surface area contributed by atoms with E-state index in [9.17, 15) is 0 Å². The van der Waals surface area contributed by atoms with Gasteiger partial charge in [-0.15, -0.1) is 0 Å². The first-order valence-electron chi connectivity index (χ1n) is 6.45. The van der Waals surface area contributed by atoms with Crippen LogP contribution < -0.4 is 5.32 Å². The van der Waals surface area contributed by atoms with Gasteiger partial charge < -0.3 is 9.73 Å². The topological polar surface area (TPSA) is 25.2 Å². The Morgan fingerprint density at radius 1 is 0.944 bits per heavy atom. The Hall–Kier alpha value is -1.54. The zero-order chi connectivity index (χ0) is 13.1. The minimum atomic E-state index is 0.125. The number of nitrogens with one attached hydrogen (secondary N) is 1. The molecule has 1 N–H and O–H groups in total. The third-order valence-electron chi connectivity index (χ3n) is 3.27. The second-order valence-electron chi connectivity index (χ2n) is 4.99. The van der Waals surface area contributed by atoms with Crippen molar-refractivity contribution in [1.29, 1.82) is 0 Å². The molecule has 1 aromatic carbocycles. The van der Waals surface area contributed by atoms with Gasteiger partial charge in [-0.05, 0) is 43.1 Å². The Balaban J connectivity index is 2.28. The van der Waals surface area contributed by atoms with Gasteiger partial charge in [-0.2, -0.15) is 0 Å². The normalized spacial score (nSPS) is 12.9. The SMILES string of the molecule is CNC(c1ccc(C(C)C)cc1)c1ccc(C)o1. The first-order chi connectivity index (χ1) is 8.61. The van der Waals surface area contributed by atoms with Crippen LogP contribution in [0.25, 0.3) is 0 Å². The van der Waals surface area contributed by atoms with Crippen molar-refractivity contribution in [3.8, 4) is 0 Å². The maximum Gasteiger partial charge on any atom is 0.125 e. The maximum atomic E-state index is 5.71. The lowest BCUT2D eigenvalue weighted by Gasteiger charge is -2.15. The Bertz CT molecular complexity index is 496. The van der Waals surface area contributed by atoms with Crippen molar-refractivity contribution in [2.45, 2.75) is 32.7 Å². The molecule has 0 saturated carbocycles. The molecule has 0 amide bonds. The van der Waals surface area contributed by atoms with Crippen molar-refractivity contribution < 1.29 is 4.42 Å². The van der Waals surface area contributed by atoms with Crippen molar-refractivity contribution in [3.63, 3.8) is 0 Å². The van der Waals surface area contributed by atoms with E-state index < -0.39 is 0 Å². The summed E-state index contributed by atoms with van der Waals surface area (Å²) in [7, 11) is 1.96. The summed E-state index contributed by atoms with van der Waals surface area (Å²) >= 11 is 0. The Kier molecular flexibility index (Phi) is 3.87. The van der Waals surface area contributed by atoms with Crippen LogP contribution in [0.3, 0.4) is 0 Å². The van der Waals surface area contributed by atoms with Crippen LogP contribution in [0.1, 0.15) is 48.5 Å². The standard InChI is InChI=1S/C16H21NO/c1-11(2)13-6-8-14(9-7-13)16(17-4)15-10-5-12(3)18-15/h5-11,16-17H,1-4H3. The minimum Gasteiger partial charge on any atom is -0.464 e. The summed E-state index contributed by atoms with van der Waals surface area (Å²) in [5.41, 5.74) is 2.60. The van der Waals surface area contributed by atoms with E-state index >= 15 is 0 Å². The van der Waals surface area contributed by atoms with E-state index in [2.05, 4.69) is 43.4 Å². The predicted octanol–water partition coefficient (Wildman–Crippen LogP) is 4.02. The molecule has 2 heteroatoms. The number of rotatable bonds is 4. The maximum absolute atomic E-state index is 5.71. The van der Waals surface area contributed by atoms with Crippen LogP contribution in [0.2, 0.25) is 0 Å². The van der Waals surface area contributed by atoms with Crippen LogP contribution in [0, 0.1) is 6.92 Å². The van der Waals surface area contributed by atoms with Gasteiger partial charge in [-0.3, -0.25) is 0 Å². The molecule has 1 atom stereocenters. The second kappa shape index (κ2) is 5.40. The van der Waals surface area contributed by atoms with E-state index in [-0.39, 0.29) is 6.04 Å². The van der Waals surface area contributed by atoms with E-state index in [1.807, 2.05) is 26.1 Å². The number of furan rings is 1. The molecule has 18 heavy (non-hydrogen) atoms.